The lowest BCUT2D eigenvalue weighted by atomic mass is 9.82. The minimum absolute atomic E-state index is 0.235. The quantitative estimate of drug-likeness (QED) is 0.861. The molecule has 1 aliphatic rings. The molecule has 0 unspecified atom stereocenters. The van der Waals surface area contributed by atoms with Crippen LogP contribution in [0.2, 0.25) is 0 Å². The molecule has 0 amide bonds. The van der Waals surface area contributed by atoms with Gasteiger partial charge in [-0.15, -0.1) is 0 Å². The summed E-state index contributed by atoms with van der Waals surface area (Å²) >= 11 is 3.45. The van der Waals surface area contributed by atoms with Gasteiger partial charge >= 0.3 is 0 Å². The Morgan fingerprint density at radius 1 is 1.07 bits per heavy atom. The highest BCUT2D eigenvalue weighted by Crippen LogP contribution is 2.33. The monoisotopic (exact) mass is 267 g/mol. The Bertz CT molecular complexity index is 301. The van der Waals surface area contributed by atoms with Gasteiger partial charge in [0, 0.05) is 10.5 Å². The summed E-state index contributed by atoms with van der Waals surface area (Å²) in [5.74, 6) is 0.694. The van der Waals surface area contributed by atoms with Gasteiger partial charge in [-0.2, -0.15) is 0 Å². The van der Waals surface area contributed by atoms with Crippen LogP contribution in [0, 0.1) is 5.92 Å². The second-order valence-electron chi connectivity index (χ2n) is 4.48. The fourth-order valence-corrected chi connectivity index (χ4v) is 2.71. The average molecular weight is 268 g/mol. The minimum atomic E-state index is 0.235. The highest BCUT2D eigenvalue weighted by Gasteiger charge is 2.21. The third-order valence-corrected chi connectivity index (χ3v) is 3.94. The number of hydrogen-bond acceptors (Lipinski definition) is 1. The van der Waals surface area contributed by atoms with E-state index in [1.165, 1.54) is 37.7 Å². The van der Waals surface area contributed by atoms with E-state index in [0.717, 1.165) is 4.47 Å². The van der Waals surface area contributed by atoms with E-state index >= 15 is 0 Å². The SMILES string of the molecule is N[C@H](c1ccc(Br)cc1)C1CCCCC1. The standard InChI is InChI=1S/C13H18BrN/c14-12-8-6-11(7-9-12)13(15)10-4-2-1-3-5-10/h6-10,13H,1-5,15H2/t13-/m0/s1. The molecular formula is C13H18BrN. The molecule has 2 N–H and O–H groups in total. The number of hydrogen-bond donors (Lipinski definition) is 1. The Balaban J connectivity index is 2.05. The van der Waals surface area contributed by atoms with Crippen LogP contribution in [-0.4, -0.2) is 0 Å². The van der Waals surface area contributed by atoms with Crippen LogP contribution < -0.4 is 5.73 Å². The zero-order chi connectivity index (χ0) is 10.7. The van der Waals surface area contributed by atoms with Crippen LogP contribution >= 0.6 is 15.9 Å². The van der Waals surface area contributed by atoms with Crippen LogP contribution in [0.3, 0.4) is 0 Å². The molecule has 0 saturated heterocycles. The van der Waals surface area contributed by atoms with E-state index in [1.807, 2.05) is 0 Å². The van der Waals surface area contributed by atoms with Gasteiger partial charge in [0.05, 0.1) is 0 Å². The smallest absolute Gasteiger partial charge is 0.0323 e. The first-order valence-electron chi connectivity index (χ1n) is 5.78. The third kappa shape index (κ3) is 2.82. The van der Waals surface area contributed by atoms with E-state index in [1.54, 1.807) is 0 Å². The largest absolute Gasteiger partial charge is 0.324 e. The first kappa shape index (κ1) is 11.2. The second-order valence-corrected chi connectivity index (χ2v) is 5.39. The Kier molecular flexibility index (Phi) is 3.81. The Morgan fingerprint density at radius 3 is 2.27 bits per heavy atom. The fourth-order valence-electron chi connectivity index (χ4n) is 2.45. The zero-order valence-corrected chi connectivity index (χ0v) is 10.5. The lowest BCUT2D eigenvalue weighted by Crippen LogP contribution is -2.23. The van der Waals surface area contributed by atoms with E-state index in [9.17, 15) is 0 Å². The van der Waals surface area contributed by atoms with Gasteiger partial charge in [-0.1, -0.05) is 47.3 Å². The summed E-state index contributed by atoms with van der Waals surface area (Å²) in [4.78, 5) is 0. The van der Waals surface area contributed by atoms with Crippen molar-refractivity contribution >= 4 is 15.9 Å². The molecule has 0 aromatic heterocycles. The molecule has 1 aromatic carbocycles. The molecule has 1 fully saturated rings. The van der Waals surface area contributed by atoms with Crippen LogP contribution in [0.15, 0.2) is 28.7 Å². The van der Waals surface area contributed by atoms with Crippen LogP contribution in [0.4, 0.5) is 0 Å². The molecule has 0 heterocycles. The van der Waals surface area contributed by atoms with Crippen molar-refractivity contribution in [3.8, 4) is 0 Å². The molecule has 0 radical (unpaired) electrons. The molecular weight excluding hydrogens is 250 g/mol. The summed E-state index contributed by atoms with van der Waals surface area (Å²) in [6, 6.07) is 8.68. The Labute approximate surface area is 100 Å². The highest BCUT2D eigenvalue weighted by atomic mass is 79.9. The molecule has 1 aromatic rings. The van der Waals surface area contributed by atoms with Gasteiger partial charge in [-0.05, 0) is 36.5 Å². The number of rotatable bonds is 2. The van der Waals surface area contributed by atoms with E-state index in [-0.39, 0.29) is 6.04 Å². The number of benzene rings is 1. The maximum Gasteiger partial charge on any atom is 0.0323 e. The van der Waals surface area contributed by atoms with Gasteiger partial charge in [0.1, 0.15) is 0 Å². The van der Waals surface area contributed by atoms with Gasteiger partial charge < -0.3 is 5.73 Å². The highest BCUT2D eigenvalue weighted by molar-refractivity contribution is 9.10. The van der Waals surface area contributed by atoms with Crippen molar-refractivity contribution in [1.29, 1.82) is 0 Å². The summed E-state index contributed by atoms with van der Waals surface area (Å²) in [5, 5.41) is 0. The first-order valence-corrected chi connectivity index (χ1v) is 6.58. The summed E-state index contributed by atoms with van der Waals surface area (Å²) in [7, 11) is 0. The maximum atomic E-state index is 6.30. The fraction of sp³-hybridized carbons (Fsp3) is 0.538. The predicted molar refractivity (Wildman–Crippen MR) is 67.6 cm³/mol. The van der Waals surface area contributed by atoms with Crippen molar-refractivity contribution in [2.75, 3.05) is 0 Å². The van der Waals surface area contributed by atoms with Crippen molar-refractivity contribution in [2.45, 2.75) is 38.1 Å². The molecule has 0 spiro atoms. The van der Waals surface area contributed by atoms with Gasteiger partial charge in [0.25, 0.3) is 0 Å². The molecule has 82 valence electrons. The summed E-state index contributed by atoms with van der Waals surface area (Å²) < 4.78 is 1.13. The third-order valence-electron chi connectivity index (χ3n) is 3.41. The van der Waals surface area contributed by atoms with Crippen LogP contribution in [0.1, 0.15) is 43.7 Å². The second kappa shape index (κ2) is 5.13. The topological polar surface area (TPSA) is 26.0 Å². The molecule has 1 saturated carbocycles. The van der Waals surface area contributed by atoms with Crippen LogP contribution in [0.25, 0.3) is 0 Å². The summed E-state index contributed by atoms with van der Waals surface area (Å²) in [5.41, 5.74) is 7.59. The average Bonchev–Trinajstić information content (AvgIpc) is 2.30. The van der Waals surface area contributed by atoms with Crippen molar-refractivity contribution < 1.29 is 0 Å². The minimum Gasteiger partial charge on any atom is -0.324 e. The van der Waals surface area contributed by atoms with Gasteiger partial charge in [0.2, 0.25) is 0 Å². The molecule has 1 aliphatic carbocycles. The molecule has 1 nitrogen and oxygen atoms in total. The lowest BCUT2D eigenvalue weighted by molar-refractivity contribution is 0.308. The number of halogens is 1. The van der Waals surface area contributed by atoms with Gasteiger partial charge in [0.15, 0.2) is 0 Å². The normalized spacial score (nSPS) is 20.1. The van der Waals surface area contributed by atoms with E-state index < -0.39 is 0 Å². The molecule has 2 heteroatoms. The zero-order valence-electron chi connectivity index (χ0n) is 8.95. The van der Waals surface area contributed by atoms with Gasteiger partial charge in [-0.25, -0.2) is 0 Å². The molecule has 2 rings (SSSR count). The predicted octanol–water partition coefficient (Wildman–Crippen LogP) is 4.03. The van der Waals surface area contributed by atoms with E-state index in [4.69, 9.17) is 5.73 Å². The Morgan fingerprint density at radius 2 is 1.67 bits per heavy atom. The molecule has 15 heavy (non-hydrogen) atoms. The molecule has 0 aliphatic heterocycles. The van der Waals surface area contributed by atoms with E-state index in [2.05, 4.69) is 40.2 Å². The molecule has 0 bridgehead atoms. The van der Waals surface area contributed by atoms with E-state index in [0.29, 0.717) is 5.92 Å². The summed E-state index contributed by atoms with van der Waals surface area (Å²) in [6.07, 6.45) is 6.71. The van der Waals surface area contributed by atoms with Crippen LogP contribution in [-0.2, 0) is 0 Å². The Hall–Kier alpha value is -0.340. The van der Waals surface area contributed by atoms with Gasteiger partial charge in [-0.3, -0.25) is 0 Å². The lowest BCUT2D eigenvalue weighted by Gasteiger charge is -2.27. The van der Waals surface area contributed by atoms with Crippen LogP contribution in [0.5, 0.6) is 0 Å². The summed E-state index contributed by atoms with van der Waals surface area (Å²) in [6.45, 7) is 0. The van der Waals surface area contributed by atoms with Crippen molar-refractivity contribution in [1.82, 2.24) is 0 Å². The first-order chi connectivity index (χ1) is 7.27. The van der Waals surface area contributed by atoms with Crippen molar-refractivity contribution in [3.05, 3.63) is 34.3 Å². The number of nitrogens with two attached hydrogens (primary N) is 1. The van der Waals surface area contributed by atoms with Crippen molar-refractivity contribution in [2.24, 2.45) is 11.7 Å². The molecule has 1 atom stereocenters. The maximum absolute atomic E-state index is 6.30. The van der Waals surface area contributed by atoms with Crippen molar-refractivity contribution in [3.63, 3.8) is 0 Å².